The van der Waals surface area contributed by atoms with Gasteiger partial charge in [-0.1, -0.05) is 49.6 Å². The van der Waals surface area contributed by atoms with E-state index in [0.717, 1.165) is 31.2 Å². The Kier molecular flexibility index (Phi) is 5.53. The van der Waals surface area contributed by atoms with Crippen molar-refractivity contribution in [3.63, 3.8) is 0 Å². The summed E-state index contributed by atoms with van der Waals surface area (Å²) in [6, 6.07) is 7.31. The lowest BCUT2D eigenvalue weighted by Gasteiger charge is -2.28. The third-order valence-corrected chi connectivity index (χ3v) is 4.16. The highest BCUT2D eigenvalue weighted by Gasteiger charge is 2.25. The van der Waals surface area contributed by atoms with Crippen LogP contribution >= 0.6 is 0 Å². The minimum Gasteiger partial charge on any atom is -0.389 e. The van der Waals surface area contributed by atoms with Gasteiger partial charge in [0.2, 0.25) is 0 Å². The molecule has 0 amide bonds. The predicted molar refractivity (Wildman–Crippen MR) is 83.5 cm³/mol. The van der Waals surface area contributed by atoms with Crippen molar-refractivity contribution >= 4 is 6.08 Å². The molecule has 0 aliphatic heterocycles. The van der Waals surface area contributed by atoms with Crippen LogP contribution in [0.15, 0.2) is 30.3 Å². The van der Waals surface area contributed by atoms with E-state index in [9.17, 15) is 15.3 Å². The van der Waals surface area contributed by atoms with Gasteiger partial charge in [0, 0.05) is 6.54 Å². The normalized spacial score (nSPS) is 21.3. The second kappa shape index (κ2) is 7.18. The fourth-order valence-corrected chi connectivity index (χ4v) is 2.78. The molecule has 1 aliphatic rings. The van der Waals surface area contributed by atoms with Crippen molar-refractivity contribution in [1.82, 2.24) is 0 Å². The van der Waals surface area contributed by atoms with Gasteiger partial charge in [-0.3, -0.25) is 0 Å². The van der Waals surface area contributed by atoms with Crippen molar-refractivity contribution in [3.8, 4) is 0 Å². The van der Waals surface area contributed by atoms with Crippen LogP contribution in [0.1, 0.15) is 49.3 Å². The maximum absolute atomic E-state index is 10.4. The summed E-state index contributed by atoms with van der Waals surface area (Å²) in [5.74, 6) is 0. The highest BCUT2D eigenvalue weighted by atomic mass is 16.3. The number of hydrogen-bond donors (Lipinski definition) is 4. The lowest BCUT2D eigenvalue weighted by atomic mass is 9.84. The Hall–Kier alpha value is -1.20. The molecule has 0 aromatic heterocycles. The van der Waals surface area contributed by atoms with Gasteiger partial charge >= 0.3 is 0 Å². The molecule has 0 radical (unpaired) electrons. The maximum Gasteiger partial charge on any atom is 0.106 e. The van der Waals surface area contributed by atoms with Gasteiger partial charge in [0.1, 0.15) is 6.10 Å². The standard InChI is InChI=1S/C17H25NO3/c18-12-15(19)16(20)14-6-4-5-13(11-14)7-10-17(21)8-2-1-3-9-17/h4-7,10-11,15-16,19-21H,1-3,8-9,12,18H2/t15-,16-/m0/s1. The molecule has 1 saturated carbocycles. The topological polar surface area (TPSA) is 86.7 Å². The van der Waals surface area contributed by atoms with Crippen LogP contribution in [0.3, 0.4) is 0 Å². The van der Waals surface area contributed by atoms with Gasteiger partial charge in [0.05, 0.1) is 11.7 Å². The molecular formula is C17H25NO3. The first kappa shape index (κ1) is 16.2. The van der Waals surface area contributed by atoms with Gasteiger partial charge in [-0.25, -0.2) is 0 Å². The Labute approximate surface area is 125 Å². The van der Waals surface area contributed by atoms with E-state index in [-0.39, 0.29) is 6.54 Å². The van der Waals surface area contributed by atoms with Crippen LogP contribution in [0, 0.1) is 0 Å². The first-order valence-electron chi connectivity index (χ1n) is 7.62. The van der Waals surface area contributed by atoms with E-state index in [1.165, 1.54) is 6.42 Å². The summed E-state index contributed by atoms with van der Waals surface area (Å²) in [5.41, 5.74) is 6.19. The fourth-order valence-electron chi connectivity index (χ4n) is 2.78. The lowest BCUT2D eigenvalue weighted by molar-refractivity contribution is 0.0243. The van der Waals surface area contributed by atoms with Crippen molar-refractivity contribution < 1.29 is 15.3 Å². The molecular weight excluding hydrogens is 266 g/mol. The molecule has 4 heteroatoms. The molecule has 0 saturated heterocycles. The zero-order valence-corrected chi connectivity index (χ0v) is 12.3. The Bertz CT molecular complexity index is 481. The maximum atomic E-state index is 10.4. The Balaban J connectivity index is 2.10. The molecule has 2 rings (SSSR count). The molecule has 21 heavy (non-hydrogen) atoms. The molecule has 4 nitrogen and oxygen atoms in total. The summed E-state index contributed by atoms with van der Waals surface area (Å²) in [5, 5.41) is 30.0. The smallest absolute Gasteiger partial charge is 0.106 e. The molecule has 1 fully saturated rings. The summed E-state index contributed by atoms with van der Waals surface area (Å²) >= 11 is 0. The van der Waals surface area contributed by atoms with E-state index in [0.29, 0.717) is 5.56 Å². The molecule has 5 N–H and O–H groups in total. The quantitative estimate of drug-likeness (QED) is 0.665. The summed E-state index contributed by atoms with van der Waals surface area (Å²) in [6.45, 7) is 0.0149. The molecule has 1 aromatic carbocycles. The van der Waals surface area contributed by atoms with E-state index in [4.69, 9.17) is 5.73 Å². The largest absolute Gasteiger partial charge is 0.389 e. The van der Waals surface area contributed by atoms with Gasteiger partial charge in [0.25, 0.3) is 0 Å². The second-order valence-corrected chi connectivity index (χ2v) is 5.92. The van der Waals surface area contributed by atoms with Crippen LogP contribution in [-0.2, 0) is 0 Å². The lowest BCUT2D eigenvalue weighted by Crippen LogP contribution is -2.28. The van der Waals surface area contributed by atoms with Crippen LogP contribution < -0.4 is 5.73 Å². The van der Waals surface area contributed by atoms with Crippen molar-refractivity contribution in [1.29, 1.82) is 0 Å². The van der Waals surface area contributed by atoms with E-state index in [1.807, 2.05) is 30.4 Å². The summed E-state index contributed by atoms with van der Waals surface area (Å²) in [4.78, 5) is 0. The Morgan fingerprint density at radius 2 is 1.90 bits per heavy atom. The number of rotatable bonds is 5. The third kappa shape index (κ3) is 4.38. The SMILES string of the molecule is NC[C@H](O)[C@@H](O)c1cccc(C=CC2(O)CCCCC2)c1. The van der Waals surface area contributed by atoms with Crippen LogP contribution in [0.4, 0.5) is 0 Å². The number of aliphatic hydroxyl groups is 3. The monoisotopic (exact) mass is 291 g/mol. The number of benzene rings is 1. The summed E-state index contributed by atoms with van der Waals surface area (Å²) in [6.07, 6.45) is 6.70. The minimum atomic E-state index is -0.985. The minimum absolute atomic E-state index is 0.0149. The zero-order chi connectivity index (χ0) is 15.3. The molecule has 0 heterocycles. The van der Waals surface area contributed by atoms with Crippen molar-refractivity contribution in [2.45, 2.75) is 49.9 Å². The number of aliphatic hydroxyl groups excluding tert-OH is 2. The summed E-state index contributed by atoms with van der Waals surface area (Å²) < 4.78 is 0. The highest BCUT2D eigenvalue weighted by molar-refractivity contribution is 5.52. The molecule has 0 bridgehead atoms. The van der Waals surface area contributed by atoms with Crippen molar-refractivity contribution in [2.24, 2.45) is 5.73 Å². The van der Waals surface area contributed by atoms with Crippen molar-refractivity contribution in [2.75, 3.05) is 6.54 Å². The molecule has 116 valence electrons. The zero-order valence-electron chi connectivity index (χ0n) is 12.3. The van der Waals surface area contributed by atoms with E-state index >= 15 is 0 Å². The third-order valence-electron chi connectivity index (χ3n) is 4.16. The first-order chi connectivity index (χ1) is 10.0. The molecule has 1 aliphatic carbocycles. The summed E-state index contributed by atoms with van der Waals surface area (Å²) in [7, 11) is 0. The van der Waals surface area contributed by atoms with E-state index < -0.39 is 17.8 Å². The second-order valence-electron chi connectivity index (χ2n) is 5.92. The van der Waals surface area contributed by atoms with Gasteiger partial charge in [0.15, 0.2) is 0 Å². The molecule has 2 atom stereocenters. The van der Waals surface area contributed by atoms with Gasteiger partial charge < -0.3 is 21.1 Å². The van der Waals surface area contributed by atoms with Gasteiger partial charge in [-0.15, -0.1) is 0 Å². The van der Waals surface area contributed by atoms with Gasteiger partial charge in [-0.05, 0) is 30.0 Å². The average Bonchev–Trinajstić information content (AvgIpc) is 2.52. The van der Waals surface area contributed by atoms with Crippen molar-refractivity contribution in [3.05, 3.63) is 41.5 Å². The van der Waals surface area contributed by atoms with E-state index in [2.05, 4.69) is 0 Å². The number of hydrogen-bond acceptors (Lipinski definition) is 4. The van der Waals surface area contributed by atoms with E-state index in [1.54, 1.807) is 6.07 Å². The average molecular weight is 291 g/mol. The Morgan fingerprint density at radius 3 is 2.57 bits per heavy atom. The number of nitrogens with two attached hydrogens (primary N) is 1. The van der Waals surface area contributed by atoms with Crippen LogP contribution in [-0.4, -0.2) is 33.6 Å². The fraction of sp³-hybridized carbons (Fsp3) is 0.529. The first-order valence-corrected chi connectivity index (χ1v) is 7.62. The predicted octanol–water partition coefficient (Wildman–Crippen LogP) is 1.75. The molecule has 0 unspecified atom stereocenters. The highest BCUT2D eigenvalue weighted by Crippen LogP contribution is 2.30. The molecule has 1 aromatic rings. The Morgan fingerprint density at radius 1 is 1.19 bits per heavy atom. The van der Waals surface area contributed by atoms with Gasteiger partial charge in [-0.2, -0.15) is 0 Å². The van der Waals surface area contributed by atoms with Crippen LogP contribution in [0.25, 0.3) is 6.08 Å². The molecule has 0 spiro atoms. The van der Waals surface area contributed by atoms with Crippen LogP contribution in [0.5, 0.6) is 0 Å². The van der Waals surface area contributed by atoms with Crippen LogP contribution in [0.2, 0.25) is 0 Å².